The summed E-state index contributed by atoms with van der Waals surface area (Å²) in [7, 11) is 0. The van der Waals surface area contributed by atoms with E-state index < -0.39 is 10.9 Å². The Morgan fingerprint density at radius 1 is 0.550 bits per heavy atom. The molecule has 0 N–H and O–H groups in total. The Kier molecular flexibility index (Phi) is 14.6. The average molecular weight is 327 g/mol. The van der Waals surface area contributed by atoms with E-state index in [0.29, 0.717) is 13.2 Å². The minimum Gasteiger partial charge on any atom is -0.454 e. The minimum absolute atomic E-state index is 0.426. The standard InChI is InChI=1S/C14H24Cl2O4/c15-13(17)19-11-9-7-5-3-1-2-4-6-8-10-12-20-14(16)18/h1-12H2. The Hall–Kier alpha value is -0.480. The van der Waals surface area contributed by atoms with Crippen molar-refractivity contribution in [3.63, 3.8) is 0 Å². The van der Waals surface area contributed by atoms with E-state index in [1.165, 1.54) is 38.5 Å². The van der Waals surface area contributed by atoms with Gasteiger partial charge in [0, 0.05) is 23.2 Å². The maximum absolute atomic E-state index is 10.3. The van der Waals surface area contributed by atoms with Crippen molar-refractivity contribution in [3.8, 4) is 0 Å². The van der Waals surface area contributed by atoms with Gasteiger partial charge in [-0.2, -0.15) is 0 Å². The largest absolute Gasteiger partial charge is 0.454 e. The molecule has 20 heavy (non-hydrogen) atoms. The Morgan fingerprint density at radius 2 is 0.800 bits per heavy atom. The fraction of sp³-hybridized carbons (Fsp3) is 0.857. The highest BCUT2D eigenvalue weighted by molar-refractivity contribution is 6.61. The second-order valence-corrected chi connectivity index (χ2v) is 5.32. The van der Waals surface area contributed by atoms with Gasteiger partial charge < -0.3 is 9.47 Å². The number of hydrogen-bond donors (Lipinski definition) is 0. The van der Waals surface area contributed by atoms with Crippen LogP contribution in [0, 0.1) is 0 Å². The van der Waals surface area contributed by atoms with E-state index in [2.05, 4.69) is 9.47 Å². The molecule has 0 radical (unpaired) electrons. The van der Waals surface area contributed by atoms with Crippen LogP contribution in [0.15, 0.2) is 0 Å². The molecule has 0 spiro atoms. The Labute approximate surface area is 131 Å². The van der Waals surface area contributed by atoms with Crippen LogP contribution in [0.2, 0.25) is 0 Å². The zero-order chi connectivity index (χ0) is 15.1. The maximum atomic E-state index is 10.3. The second-order valence-electron chi connectivity index (χ2n) is 4.71. The molecule has 0 rings (SSSR count). The Morgan fingerprint density at radius 3 is 1.05 bits per heavy atom. The first-order valence-electron chi connectivity index (χ1n) is 7.27. The molecule has 0 aromatic heterocycles. The van der Waals surface area contributed by atoms with Gasteiger partial charge in [-0.3, -0.25) is 0 Å². The van der Waals surface area contributed by atoms with Crippen LogP contribution in [-0.4, -0.2) is 24.1 Å². The summed E-state index contributed by atoms with van der Waals surface area (Å²) in [6, 6.07) is 0. The number of carbonyl (C=O) groups is 2. The first-order chi connectivity index (χ1) is 9.63. The molecule has 6 heteroatoms. The molecule has 0 fully saturated rings. The van der Waals surface area contributed by atoms with Crippen molar-refractivity contribution in [1.82, 2.24) is 0 Å². The van der Waals surface area contributed by atoms with Gasteiger partial charge in [0.25, 0.3) is 0 Å². The Balaban J connectivity index is 2.99. The van der Waals surface area contributed by atoms with Crippen LogP contribution in [0.3, 0.4) is 0 Å². The smallest absolute Gasteiger partial charge is 0.403 e. The highest BCUT2D eigenvalue weighted by Crippen LogP contribution is 2.11. The van der Waals surface area contributed by atoms with Crippen LogP contribution >= 0.6 is 23.2 Å². The van der Waals surface area contributed by atoms with Crippen LogP contribution in [0.1, 0.15) is 64.2 Å². The summed E-state index contributed by atoms with van der Waals surface area (Å²) in [6.07, 6.45) is 11.2. The van der Waals surface area contributed by atoms with Gasteiger partial charge in [0.05, 0.1) is 13.2 Å². The third kappa shape index (κ3) is 17.5. The fourth-order valence-corrected chi connectivity index (χ4v) is 2.08. The summed E-state index contributed by atoms with van der Waals surface area (Å²) in [4.78, 5) is 20.6. The molecule has 0 saturated heterocycles. The van der Waals surface area contributed by atoms with Crippen LogP contribution < -0.4 is 0 Å². The van der Waals surface area contributed by atoms with E-state index in [4.69, 9.17) is 23.2 Å². The van der Waals surface area contributed by atoms with E-state index in [9.17, 15) is 9.59 Å². The molecule has 0 aromatic rings. The molecule has 4 nitrogen and oxygen atoms in total. The van der Waals surface area contributed by atoms with Crippen molar-refractivity contribution < 1.29 is 19.1 Å². The first-order valence-corrected chi connectivity index (χ1v) is 8.03. The summed E-state index contributed by atoms with van der Waals surface area (Å²) in [6.45, 7) is 0.852. The lowest BCUT2D eigenvalue weighted by molar-refractivity contribution is 0.169. The fourth-order valence-electron chi connectivity index (χ4n) is 1.92. The molecular weight excluding hydrogens is 303 g/mol. The number of halogens is 2. The maximum Gasteiger partial charge on any atom is 0.403 e. The summed E-state index contributed by atoms with van der Waals surface area (Å²) in [5.41, 5.74) is -1.43. The van der Waals surface area contributed by atoms with Crippen molar-refractivity contribution >= 4 is 34.1 Å². The predicted octanol–water partition coefficient (Wildman–Crippen LogP) is 5.64. The van der Waals surface area contributed by atoms with Crippen LogP contribution in [0.25, 0.3) is 0 Å². The highest BCUT2D eigenvalue weighted by atomic mass is 35.5. The van der Waals surface area contributed by atoms with E-state index in [1.807, 2.05) is 0 Å². The zero-order valence-electron chi connectivity index (χ0n) is 11.9. The van der Waals surface area contributed by atoms with Gasteiger partial charge in [-0.15, -0.1) is 0 Å². The summed E-state index contributed by atoms with van der Waals surface area (Å²) in [5.74, 6) is 0. The third-order valence-electron chi connectivity index (χ3n) is 2.97. The van der Waals surface area contributed by atoms with E-state index >= 15 is 0 Å². The normalized spacial score (nSPS) is 10.3. The molecule has 0 aliphatic heterocycles. The molecule has 0 amide bonds. The van der Waals surface area contributed by atoms with E-state index in [-0.39, 0.29) is 0 Å². The van der Waals surface area contributed by atoms with Crippen LogP contribution in [-0.2, 0) is 9.47 Å². The number of unbranched alkanes of at least 4 members (excludes halogenated alkanes) is 9. The van der Waals surface area contributed by atoms with Gasteiger partial charge in [0.1, 0.15) is 0 Å². The van der Waals surface area contributed by atoms with Gasteiger partial charge >= 0.3 is 10.9 Å². The van der Waals surface area contributed by atoms with E-state index in [0.717, 1.165) is 25.7 Å². The number of ether oxygens (including phenoxy) is 2. The summed E-state index contributed by atoms with van der Waals surface area (Å²) < 4.78 is 9.27. The van der Waals surface area contributed by atoms with E-state index in [1.54, 1.807) is 0 Å². The first kappa shape index (κ1) is 19.5. The molecule has 0 aliphatic rings. The molecule has 0 aliphatic carbocycles. The van der Waals surface area contributed by atoms with Crippen molar-refractivity contribution in [2.75, 3.05) is 13.2 Å². The van der Waals surface area contributed by atoms with Crippen molar-refractivity contribution in [2.45, 2.75) is 64.2 Å². The molecule has 0 heterocycles. The lowest BCUT2D eigenvalue weighted by Crippen LogP contribution is -1.96. The average Bonchev–Trinajstić information content (AvgIpc) is 2.38. The number of hydrogen-bond acceptors (Lipinski definition) is 4. The van der Waals surface area contributed by atoms with Crippen LogP contribution in [0.4, 0.5) is 9.59 Å². The third-order valence-corrected chi connectivity index (χ3v) is 3.19. The zero-order valence-corrected chi connectivity index (χ0v) is 13.4. The van der Waals surface area contributed by atoms with Crippen molar-refractivity contribution in [3.05, 3.63) is 0 Å². The highest BCUT2D eigenvalue weighted by Gasteiger charge is 1.97. The van der Waals surface area contributed by atoms with Gasteiger partial charge in [-0.1, -0.05) is 51.4 Å². The molecule has 0 saturated carbocycles. The van der Waals surface area contributed by atoms with Crippen LogP contribution in [0.5, 0.6) is 0 Å². The topological polar surface area (TPSA) is 52.6 Å². The van der Waals surface area contributed by atoms with Gasteiger partial charge in [0.2, 0.25) is 0 Å². The lowest BCUT2D eigenvalue weighted by Gasteiger charge is -2.03. The van der Waals surface area contributed by atoms with Crippen molar-refractivity contribution in [1.29, 1.82) is 0 Å². The van der Waals surface area contributed by atoms with Crippen molar-refractivity contribution in [2.24, 2.45) is 0 Å². The minimum atomic E-state index is -0.717. The molecule has 0 bridgehead atoms. The molecular formula is C14H24Cl2O4. The molecule has 0 aromatic carbocycles. The van der Waals surface area contributed by atoms with Gasteiger partial charge in [0.15, 0.2) is 0 Å². The summed E-state index contributed by atoms with van der Waals surface area (Å²) in [5, 5.41) is 0. The molecule has 0 unspecified atom stereocenters. The molecule has 0 atom stereocenters. The Bertz CT molecular complexity index is 234. The number of rotatable bonds is 13. The molecule has 118 valence electrons. The number of carbonyl (C=O) groups excluding carboxylic acids is 2. The van der Waals surface area contributed by atoms with Gasteiger partial charge in [-0.25, -0.2) is 9.59 Å². The lowest BCUT2D eigenvalue weighted by atomic mass is 10.1. The monoisotopic (exact) mass is 326 g/mol. The predicted molar refractivity (Wildman–Crippen MR) is 80.6 cm³/mol. The van der Waals surface area contributed by atoms with Gasteiger partial charge in [-0.05, 0) is 12.8 Å². The SMILES string of the molecule is O=C(Cl)OCCCCCCCCCCCCOC(=O)Cl. The quantitative estimate of drug-likeness (QED) is 0.324. The second kappa shape index (κ2) is 14.9. The summed E-state index contributed by atoms with van der Waals surface area (Å²) >= 11 is 10.1.